The van der Waals surface area contributed by atoms with Crippen molar-refractivity contribution in [1.82, 2.24) is 9.97 Å². The topological polar surface area (TPSA) is 115 Å². The fourth-order valence-corrected chi connectivity index (χ4v) is 3.81. The van der Waals surface area contributed by atoms with E-state index in [1.807, 2.05) is 29.2 Å². The third-order valence-corrected chi connectivity index (χ3v) is 5.28. The second kappa shape index (κ2) is 10.9. The van der Waals surface area contributed by atoms with E-state index in [1.54, 1.807) is 19.9 Å². The van der Waals surface area contributed by atoms with Gasteiger partial charge >= 0.3 is 11.9 Å². The standard InChI is InChI=1S/C23H28N4O5/c1-4-31-22(28)16-8-7-11-27(13-16)21-20(25-18-9-5-6-10-19(18)26-21)17(12-24)23(29)32-15(2)14-30-3/h5-6,9-10,15-17H,4,7-8,11,13-14H2,1-3H3/t15-,16+,17-/m1/s1. The Hall–Kier alpha value is -3.25. The Kier molecular flexibility index (Phi) is 7.95. The van der Waals surface area contributed by atoms with Crippen LogP contribution in [0.5, 0.6) is 0 Å². The summed E-state index contributed by atoms with van der Waals surface area (Å²) in [5.41, 5.74) is 1.44. The molecule has 9 heteroatoms. The van der Waals surface area contributed by atoms with Crippen molar-refractivity contribution in [2.45, 2.75) is 38.7 Å². The number of hydrogen-bond acceptors (Lipinski definition) is 9. The molecular weight excluding hydrogens is 412 g/mol. The Labute approximate surface area is 187 Å². The number of hydrogen-bond donors (Lipinski definition) is 0. The summed E-state index contributed by atoms with van der Waals surface area (Å²) in [4.78, 5) is 36.4. The first kappa shape index (κ1) is 23.4. The molecule has 0 aliphatic carbocycles. The lowest BCUT2D eigenvalue weighted by Gasteiger charge is -2.33. The molecule has 1 aliphatic heterocycles. The number of carbonyl (C=O) groups excluding carboxylic acids is 2. The van der Waals surface area contributed by atoms with Crippen LogP contribution in [0, 0.1) is 17.2 Å². The van der Waals surface area contributed by atoms with Gasteiger partial charge in [-0.25, -0.2) is 9.97 Å². The zero-order valence-corrected chi connectivity index (χ0v) is 18.6. The predicted octanol–water partition coefficient (Wildman–Crippen LogP) is 2.59. The molecule has 170 valence electrons. The Morgan fingerprint density at radius 3 is 2.66 bits per heavy atom. The molecule has 0 spiro atoms. The van der Waals surface area contributed by atoms with E-state index in [-0.39, 0.29) is 24.2 Å². The van der Waals surface area contributed by atoms with Gasteiger partial charge < -0.3 is 19.1 Å². The zero-order chi connectivity index (χ0) is 23.1. The molecular formula is C23H28N4O5. The van der Waals surface area contributed by atoms with E-state index in [0.29, 0.717) is 43.0 Å². The highest BCUT2D eigenvalue weighted by Gasteiger charge is 2.34. The maximum atomic E-state index is 12.8. The third-order valence-electron chi connectivity index (χ3n) is 5.28. The van der Waals surface area contributed by atoms with E-state index >= 15 is 0 Å². The van der Waals surface area contributed by atoms with Crippen molar-refractivity contribution in [3.8, 4) is 6.07 Å². The summed E-state index contributed by atoms with van der Waals surface area (Å²) in [6.45, 7) is 5.01. The Bertz CT molecular complexity index is 1010. The number of anilines is 1. The van der Waals surface area contributed by atoms with Gasteiger partial charge in [-0.15, -0.1) is 0 Å². The zero-order valence-electron chi connectivity index (χ0n) is 18.6. The van der Waals surface area contributed by atoms with Crippen molar-refractivity contribution < 1.29 is 23.8 Å². The molecule has 1 aromatic carbocycles. The fourth-order valence-electron chi connectivity index (χ4n) is 3.81. The van der Waals surface area contributed by atoms with E-state index in [4.69, 9.17) is 19.2 Å². The molecule has 2 heterocycles. The average molecular weight is 441 g/mol. The van der Waals surface area contributed by atoms with Gasteiger partial charge in [0.1, 0.15) is 11.8 Å². The molecule has 3 rings (SSSR count). The van der Waals surface area contributed by atoms with E-state index in [0.717, 1.165) is 6.42 Å². The maximum Gasteiger partial charge on any atom is 0.330 e. The number of nitrogens with zero attached hydrogens (tertiary/aromatic N) is 4. The number of benzene rings is 1. The third kappa shape index (κ3) is 5.32. The lowest BCUT2D eigenvalue weighted by atomic mass is 9.97. The summed E-state index contributed by atoms with van der Waals surface area (Å²) in [5.74, 6) is -2.11. The first-order valence-corrected chi connectivity index (χ1v) is 10.8. The molecule has 0 saturated carbocycles. The van der Waals surface area contributed by atoms with Gasteiger partial charge in [-0.3, -0.25) is 9.59 Å². The Balaban J connectivity index is 1.99. The molecule has 2 aromatic rings. The Morgan fingerprint density at radius 1 is 1.28 bits per heavy atom. The van der Waals surface area contributed by atoms with Crippen molar-refractivity contribution >= 4 is 28.8 Å². The molecule has 0 radical (unpaired) electrons. The van der Waals surface area contributed by atoms with Crippen LogP contribution < -0.4 is 4.90 Å². The normalized spacial score (nSPS) is 17.9. The number of fused-ring (bicyclic) bond motifs is 1. The smallest absolute Gasteiger partial charge is 0.330 e. The van der Waals surface area contributed by atoms with Crippen LogP contribution in [-0.4, -0.2) is 61.4 Å². The minimum Gasteiger partial charge on any atom is -0.466 e. The van der Waals surface area contributed by atoms with Crippen LogP contribution in [0.1, 0.15) is 38.3 Å². The van der Waals surface area contributed by atoms with Crippen molar-refractivity contribution in [3.05, 3.63) is 30.0 Å². The summed E-state index contributed by atoms with van der Waals surface area (Å²) < 4.78 is 15.6. The van der Waals surface area contributed by atoms with Gasteiger partial charge in [-0.2, -0.15) is 5.26 Å². The molecule has 0 N–H and O–H groups in total. The van der Waals surface area contributed by atoms with Gasteiger partial charge in [0.2, 0.25) is 0 Å². The van der Waals surface area contributed by atoms with Gasteiger partial charge in [0.25, 0.3) is 0 Å². The highest BCUT2D eigenvalue weighted by molar-refractivity contribution is 5.85. The number of ether oxygens (including phenoxy) is 3. The summed E-state index contributed by atoms with van der Waals surface area (Å²) in [7, 11) is 1.51. The molecule has 1 aromatic heterocycles. The molecule has 9 nitrogen and oxygen atoms in total. The minimum absolute atomic E-state index is 0.216. The van der Waals surface area contributed by atoms with E-state index in [1.165, 1.54) is 7.11 Å². The van der Waals surface area contributed by atoms with Gasteiger partial charge in [-0.05, 0) is 38.8 Å². The number of esters is 2. The van der Waals surface area contributed by atoms with Crippen LogP contribution in [0.2, 0.25) is 0 Å². The van der Waals surface area contributed by atoms with E-state index in [2.05, 4.69) is 4.98 Å². The summed E-state index contributed by atoms with van der Waals surface area (Å²) >= 11 is 0. The molecule has 0 unspecified atom stereocenters. The van der Waals surface area contributed by atoms with Crippen molar-refractivity contribution in [2.24, 2.45) is 5.92 Å². The van der Waals surface area contributed by atoms with Crippen LogP contribution >= 0.6 is 0 Å². The number of piperidine rings is 1. The molecule has 1 fully saturated rings. The SMILES string of the molecule is CCOC(=O)[C@H]1CCCN(c2nc3ccccc3nc2[C@@H](C#N)C(=O)O[C@H](C)COC)C1. The van der Waals surface area contributed by atoms with Crippen molar-refractivity contribution in [3.63, 3.8) is 0 Å². The number of nitriles is 1. The molecule has 0 amide bonds. The summed E-state index contributed by atoms with van der Waals surface area (Å²) in [5, 5.41) is 9.86. The van der Waals surface area contributed by atoms with Gasteiger partial charge in [0, 0.05) is 20.2 Å². The van der Waals surface area contributed by atoms with Crippen LogP contribution in [0.3, 0.4) is 0 Å². The number of para-hydroxylation sites is 2. The molecule has 1 saturated heterocycles. The maximum absolute atomic E-state index is 12.8. The van der Waals surface area contributed by atoms with Gasteiger partial charge in [-0.1, -0.05) is 12.1 Å². The summed E-state index contributed by atoms with van der Waals surface area (Å²) in [6, 6.07) is 9.29. The number of rotatable bonds is 8. The molecule has 3 atom stereocenters. The first-order chi connectivity index (χ1) is 15.5. The lowest BCUT2D eigenvalue weighted by Crippen LogP contribution is -2.41. The van der Waals surface area contributed by atoms with Crippen molar-refractivity contribution in [1.29, 1.82) is 5.26 Å². The van der Waals surface area contributed by atoms with Crippen LogP contribution in [0.15, 0.2) is 24.3 Å². The highest BCUT2D eigenvalue weighted by atomic mass is 16.6. The average Bonchev–Trinajstić information content (AvgIpc) is 2.79. The lowest BCUT2D eigenvalue weighted by molar-refractivity contribution is -0.151. The van der Waals surface area contributed by atoms with E-state index < -0.39 is 18.0 Å². The number of aromatic nitrogens is 2. The Morgan fingerprint density at radius 2 is 2.00 bits per heavy atom. The van der Waals surface area contributed by atoms with Crippen LogP contribution in [0.25, 0.3) is 11.0 Å². The second-order valence-corrected chi connectivity index (χ2v) is 7.72. The first-order valence-electron chi connectivity index (χ1n) is 10.8. The summed E-state index contributed by atoms with van der Waals surface area (Å²) in [6.07, 6.45) is 0.955. The molecule has 1 aliphatic rings. The molecule has 32 heavy (non-hydrogen) atoms. The largest absolute Gasteiger partial charge is 0.466 e. The molecule has 0 bridgehead atoms. The van der Waals surface area contributed by atoms with E-state index in [9.17, 15) is 14.9 Å². The fraction of sp³-hybridized carbons (Fsp3) is 0.522. The van der Waals surface area contributed by atoms with Crippen LogP contribution in [-0.2, 0) is 23.8 Å². The van der Waals surface area contributed by atoms with Crippen LogP contribution in [0.4, 0.5) is 5.82 Å². The number of methoxy groups -OCH3 is 1. The highest BCUT2D eigenvalue weighted by Crippen LogP contribution is 2.31. The van der Waals surface area contributed by atoms with Gasteiger partial charge in [0.05, 0.1) is 36.2 Å². The minimum atomic E-state index is -1.26. The number of carbonyl (C=O) groups is 2. The second-order valence-electron chi connectivity index (χ2n) is 7.72. The van der Waals surface area contributed by atoms with Gasteiger partial charge in [0.15, 0.2) is 11.7 Å². The quantitative estimate of drug-likeness (QED) is 0.571. The predicted molar refractivity (Wildman–Crippen MR) is 117 cm³/mol. The van der Waals surface area contributed by atoms with Crippen molar-refractivity contribution in [2.75, 3.05) is 38.3 Å². The monoisotopic (exact) mass is 440 g/mol.